The van der Waals surface area contributed by atoms with E-state index in [4.69, 9.17) is 0 Å². The van der Waals surface area contributed by atoms with Crippen LogP contribution in [0.25, 0.3) is 0 Å². The zero-order chi connectivity index (χ0) is 12.3. The van der Waals surface area contributed by atoms with E-state index in [2.05, 4.69) is 0 Å². The molecule has 6 heteroatoms. The molecule has 1 unspecified atom stereocenters. The number of hydrogen-bond acceptors (Lipinski definition) is 4. The molecule has 0 saturated heterocycles. The van der Waals surface area contributed by atoms with Crippen molar-refractivity contribution in [2.45, 2.75) is 26.3 Å². The lowest BCUT2D eigenvalue weighted by Crippen LogP contribution is -2.28. The van der Waals surface area contributed by atoms with Gasteiger partial charge in [-0.3, -0.25) is 24.3 Å². The van der Waals surface area contributed by atoms with E-state index in [1.807, 2.05) is 0 Å². The number of ketones is 1. The van der Waals surface area contributed by atoms with E-state index in [9.17, 15) is 19.7 Å². The van der Waals surface area contributed by atoms with Gasteiger partial charge >= 0.3 is 11.2 Å². The molecule has 6 nitrogen and oxygen atoms in total. The van der Waals surface area contributed by atoms with Crippen LogP contribution >= 0.6 is 0 Å². The SMILES string of the molecule is CCC(=O)C(C)n1cccc([N+](=O)[O-])c1=O. The van der Waals surface area contributed by atoms with E-state index in [1.165, 1.54) is 12.3 Å². The number of nitro groups is 1. The third kappa shape index (κ3) is 2.16. The summed E-state index contributed by atoms with van der Waals surface area (Å²) >= 11 is 0. The highest BCUT2D eigenvalue weighted by Crippen LogP contribution is 2.09. The number of pyridine rings is 1. The number of carbonyl (C=O) groups excluding carboxylic acids is 1. The normalized spacial score (nSPS) is 12.1. The van der Waals surface area contributed by atoms with Gasteiger partial charge in [0.15, 0.2) is 5.78 Å². The van der Waals surface area contributed by atoms with Crippen LogP contribution in [0.3, 0.4) is 0 Å². The first kappa shape index (κ1) is 12.1. The minimum atomic E-state index is -0.748. The molecule has 0 aliphatic heterocycles. The van der Waals surface area contributed by atoms with Crippen molar-refractivity contribution in [3.05, 3.63) is 38.8 Å². The third-order valence-corrected chi connectivity index (χ3v) is 2.38. The summed E-state index contributed by atoms with van der Waals surface area (Å²) in [6.07, 6.45) is 1.67. The van der Waals surface area contributed by atoms with Crippen molar-refractivity contribution in [1.82, 2.24) is 4.57 Å². The summed E-state index contributed by atoms with van der Waals surface area (Å²) in [6.45, 7) is 3.23. The van der Waals surface area contributed by atoms with Crippen LogP contribution in [0.5, 0.6) is 0 Å². The maximum absolute atomic E-state index is 11.6. The molecule has 1 aromatic heterocycles. The third-order valence-electron chi connectivity index (χ3n) is 2.38. The predicted molar refractivity (Wildman–Crippen MR) is 57.4 cm³/mol. The lowest BCUT2D eigenvalue weighted by molar-refractivity contribution is -0.386. The fourth-order valence-corrected chi connectivity index (χ4v) is 1.39. The molecule has 0 bridgehead atoms. The van der Waals surface area contributed by atoms with Gasteiger partial charge in [0.25, 0.3) is 0 Å². The lowest BCUT2D eigenvalue weighted by Gasteiger charge is -2.11. The first-order valence-corrected chi connectivity index (χ1v) is 4.87. The summed E-state index contributed by atoms with van der Waals surface area (Å²) in [5.74, 6) is -0.136. The highest BCUT2D eigenvalue weighted by Gasteiger charge is 2.19. The second-order valence-corrected chi connectivity index (χ2v) is 3.36. The molecule has 1 atom stereocenters. The minimum Gasteiger partial charge on any atom is -0.299 e. The Bertz CT molecular complexity index is 478. The van der Waals surface area contributed by atoms with Crippen LogP contribution < -0.4 is 5.56 Å². The summed E-state index contributed by atoms with van der Waals surface area (Å²) < 4.78 is 1.09. The number of nitrogens with zero attached hydrogens (tertiary/aromatic N) is 2. The molecule has 16 heavy (non-hydrogen) atoms. The van der Waals surface area contributed by atoms with E-state index in [-0.39, 0.29) is 12.2 Å². The lowest BCUT2D eigenvalue weighted by atomic mass is 10.1. The Kier molecular flexibility index (Phi) is 3.55. The molecular formula is C10H12N2O4. The standard InChI is InChI=1S/C10H12N2O4/c1-3-9(13)7(2)11-6-4-5-8(10(11)14)12(15)16/h4-7H,3H2,1-2H3. The molecule has 0 aromatic carbocycles. The van der Waals surface area contributed by atoms with E-state index in [0.717, 1.165) is 10.6 Å². The largest absolute Gasteiger partial charge is 0.334 e. The van der Waals surface area contributed by atoms with Gasteiger partial charge in [0.1, 0.15) is 0 Å². The van der Waals surface area contributed by atoms with Crippen LogP contribution in [-0.2, 0) is 4.79 Å². The van der Waals surface area contributed by atoms with Gasteiger partial charge in [-0.2, -0.15) is 0 Å². The Morgan fingerprint density at radius 1 is 1.62 bits per heavy atom. The summed E-state index contributed by atoms with van der Waals surface area (Å²) in [5.41, 5.74) is -1.26. The number of carbonyl (C=O) groups is 1. The Labute approximate surface area is 91.7 Å². The highest BCUT2D eigenvalue weighted by molar-refractivity contribution is 5.81. The summed E-state index contributed by atoms with van der Waals surface area (Å²) in [4.78, 5) is 32.9. The molecule has 86 valence electrons. The van der Waals surface area contributed by atoms with Crippen molar-refractivity contribution in [2.24, 2.45) is 0 Å². The number of aromatic nitrogens is 1. The van der Waals surface area contributed by atoms with Crippen LogP contribution in [0.15, 0.2) is 23.1 Å². The van der Waals surface area contributed by atoms with Gasteiger partial charge in [0.2, 0.25) is 0 Å². The fourth-order valence-electron chi connectivity index (χ4n) is 1.39. The smallest absolute Gasteiger partial charge is 0.299 e. The average Bonchev–Trinajstić information content (AvgIpc) is 2.27. The molecule has 0 radical (unpaired) electrons. The van der Waals surface area contributed by atoms with Crippen LogP contribution in [0.1, 0.15) is 26.3 Å². The van der Waals surface area contributed by atoms with Gasteiger partial charge in [0.05, 0.1) is 11.0 Å². The number of rotatable bonds is 4. The first-order valence-electron chi connectivity index (χ1n) is 4.87. The van der Waals surface area contributed by atoms with Crippen LogP contribution in [-0.4, -0.2) is 15.3 Å². The van der Waals surface area contributed by atoms with Crippen molar-refractivity contribution < 1.29 is 9.72 Å². The monoisotopic (exact) mass is 224 g/mol. The number of hydrogen-bond donors (Lipinski definition) is 0. The van der Waals surface area contributed by atoms with Crippen molar-refractivity contribution in [3.8, 4) is 0 Å². The zero-order valence-corrected chi connectivity index (χ0v) is 9.04. The molecule has 0 saturated carbocycles. The van der Waals surface area contributed by atoms with Crippen LogP contribution in [0, 0.1) is 10.1 Å². The Morgan fingerprint density at radius 2 is 2.25 bits per heavy atom. The van der Waals surface area contributed by atoms with Gasteiger partial charge < -0.3 is 0 Å². The van der Waals surface area contributed by atoms with Gasteiger partial charge in [-0.15, -0.1) is 0 Å². The zero-order valence-electron chi connectivity index (χ0n) is 9.04. The molecular weight excluding hydrogens is 212 g/mol. The Morgan fingerprint density at radius 3 is 2.75 bits per heavy atom. The average molecular weight is 224 g/mol. The molecule has 0 aliphatic rings. The number of Topliss-reactive ketones (excluding diaryl/α,β-unsaturated/α-hetero) is 1. The van der Waals surface area contributed by atoms with Crippen LogP contribution in [0.4, 0.5) is 5.69 Å². The quantitative estimate of drug-likeness (QED) is 0.570. The van der Waals surface area contributed by atoms with Gasteiger partial charge in [-0.05, 0) is 13.0 Å². The highest BCUT2D eigenvalue weighted by atomic mass is 16.6. The maximum atomic E-state index is 11.6. The van der Waals surface area contributed by atoms with E-state index < -0.39 is 22.2 Å². The van der Waals surface area contributed by atoms with Crippen molar-refractivity contribution in [1.29, 1.82) is 0 Å². The van der Waals surface area contributed by atoms with E-state index in [1.54, 1.807) is 13.8 Å². The van der Waals surface area contributed by atoms with Crippen molar-refractivity contribution >= 4 is 11.5 Å². The maximum Gasteiger partial charge on any atom is 0.334 e. The predicted octanol–water partition coefficient (Wildman–Crippen LogP) is 1.30. The Hall–Kier alpha value is -1.98. The fraction of sp³-hybridized carbons (Fsp3) is 0.400. The molecule has 0 N–H and O–H groups in total. The van der Waals surface area contributed by atoms with Crippen molar-refractivity contribution in [3.63, 3.8) is 0 Å². The second kappa shape index (κ2) is 4.69. The second-order valence-electron chi connectivity index (χ2n) is 3.36. The van der Waals surface area contributed by atoms with Crippen molar-refractivity contribution in [2.75, 3.05) is 0 Å². The molecule has 1 aromatic rings. The van der Waals surface area contributed by atoms with Gasteiger partial charge in [-0.1, -0.05) is 6.92 Å². The van der Waals surface area contributed by atoms with Gasteiger partial charge in [-0.25, -0.2) is 0 Å². The van der Waals surface area contributed by atoms with Gasteiger partial charge in [0, 0.05) is 18.7 Å². The molecule has 1 heterocycles. The Balaban J connectivity index is 3.26. The molecule has 0 amide bonds. The minimum absolute atomic E-state index is 0.136. The molecule has 1 rings (SSSR count). The topological polar surface area (TPSA) is 82.2 Å². The van der Waals surface area contributed by atoms with Crippen LogP contribution in [0.2, 0.25) is 0 Å². The summed E-state index contributed by atoms with van der Waals surface area (Å²) in [7, 11) is 0. The first-order chi connectivity index (χ1) is 7.49. The molecule has 0 spiro atoms. The molecule has 0 fully saturated rings. The molecule has 0 aliphatic carbocycles. The van der Waals surface area contributed by atoms with E-state index in [0.29, 0.717) is 0 Å². The summed E-state index contributed by atoms with van der Waals surface area (Å²) in [5, 5.41) is 10.5. The van der Waals surface area contributed by atoms with E-state index >= 15 is 0 Å². The summed E-state index contributed by atoms with van der Waals surface area (Å²) in [6, 6.07) is 1.85.